The molecule has 0 unspecified atom stereocenters. The van der Waals surface area contributed by atoms with Gasteiger partial charge in [0.15, 0.2) is 0 Å². The first-order chi connectivity index (χ1) is 12.4. The Hall–Kier alpha value is -1.67. The van der Waals surface area contributed by atoms with E-state index in [-0.39, 0.29) is 19.3 Å². The fourth-order valence-electron chi connectivity index (χ4n) is 2.19. The largest absolute Gasteiger partial charge is 0.466 e. The van der Waals surface area contributed by atoms with Crippen molar-refractivity contribution in [2.24, 2.45) is 0 Å². The molecule has 0 spiro atoms. The molecule has 1 aliphatic carbocycles. The Bertz CT molecular complexity index is 740. The summed E-state index contributed by atoms with van der Waals surface area (Å²) in [6.07, 6.45) is -7.44. The van der Waals surface area contributed by atoms with E-state index >= 15 is 0 Å². The Morgan fingerprint density at radius 3 is 1.82 bits per heavy atom. The highest BCUT2D eigenvalue weighted by atomic mass is 32.2. The summed E-state index contributed by atoms with van der Waals surface area (Å²) in [5.41, 5.74) is -0.634. The average Bonchev–Trinajstić information content (AvgIpc) is 2.77. The molecular formula is C13H13F9O5S. The molecule has 5 nitrogen and oxygen atoms in total. The molecule has 28 heavy (non-hydrogen) atoms. The summed E-state index contributed by atoms with van der Waals surface area (Å²) in [7, 11) is -6.26. The van der Waals surface area contributed by atoms with Crippen LogP contribution in [-0.2, 0) is 23.8 Å². The maximum atomic E-state index is 13.7. The number of allylic oxidation sites excluding steroid dienone is 1. The van der Waals surface area contributed by atoms with Gasteiger partial charge in [-0.3, -0.25) is 0 Å². The second-order valence-corrected chi connectivity index (χ2v) is 7.24. The highest BCUT2D eigenvalue weighted by molar-refractivity contribution is 7.88. The van der Waals surface area contributed by atoms with E-state index in [1.807, 2.05) is 0 Å². The zero-order valence-corrected chi connectivity index (χ0v) is 14.7. The number of esters is 1. The predicted octanol–water partition coefficient (Wildman–Crippen LogP) is 4.15. The van der Waals surface area contributed by atoms with Crippen LogP contribution >= 0.6 is 0 Å². The monoisotopic (exact) mass is 452 g/mol. The molecule has 0 aromatic carbocycles. The number of rotatable bonds is 6. The van der Waals surface area contributed by atoms with Crippen LogP contribution in [0.2, 0.25) is 0 Å². The zero-order valence-electron chi connectivity index (χ0n) is 13.9. The number of ether oxygens (including phenoxy) is 1. The van der Waals surface area contributed by atoms with E-state index < -0.39 is 57.1 Å². The molecule has 0 heterocycles. The van der Waals surface area contributed by atoms with Crippen molar-refractivity contribution in [3.8, 4) is 0 Å². The molecule has 0 amide bonds. The molecule has 0 aromatic heterocycles. The van der Waals surface area contributed by atoms with Gasteiger partial charge in [-0.15, -0.1) is 0 Å². The summed E-state index contributed by atoms with van der Waals surface area (Å²) in [6, 6.07) is 0. The Balaban J connectivity index is 3.43. The first kappa shape index (κ1) is 24.4. The van der Waals surface area contributed by atoms with Crippen LogP contribution in [0.25, 0.3) is 0 Å². The van der Waals surface area contributed by atoms with Gasteiger partial charge in [-0.05, 0) is 19.3 Å². The molecule has 0 saturated carbocycles. The van der Waals surface area contributed by atoms with Gasteiger partial charge in [-0.2, -0.15) is 47.9 Å². The van der Waals surface area contributed by atoms with Gasteiger partial charge >= 0.3 is 39.4 Å². The number of hydrogen-bond acceptors (Lipinski definition) is 5. The lowest BCUT2D eigenvalue weighted by molar-refractivity contribution is -0.382. The topological polar surface area (TPSA) is 69.7 Å². The van der Waals surface area contributed by atoms with E-state index in [2.05, 4.69) is 8.92 Å². The van der Waals surface area contributed by atoms with Crippen molar-refractivity contribution in [1.29, 1.82) is 0 Å². The van der Waals surface area contributed by atoms with Crippen molar-refractivity contribution in [2.75, 3.05) is 7.11 Å². The van der Waals surface area contributed by atoms with Crippen molar-refractivity contribution < 1.29 is 61.6 Å². The molecule has 0 atom stereocenters. The standard InChI is InChI=1S/C13H13F9O5S/c1-26-9(23)7-5-3-2-4-6-8(7)27-28(24,25)13(21,22)11(16,17)10(14,15)12(18,19)20/h2-6H2,1H3. The molecule has 1 aliphatic rings. The van der Waals surface area contributed by atoms with Gasteiger partial charge in [0.25, 0.3) is 0 Å². The lowest BCUT2D eigenvalue weighted by atomic mass is 10.1. The zero-order chi connectivity index (χ0) is 22.2. The molecule has 0 aromatic rings. The Labute approximate surface area is 152 Å². The Morgan fingerprint density at radius 2 is 1.36 bits per heavy atom. The summed E-state index contributed by atoms with van der Waals surface area (Å²) < 4.78 is 147. The third-order valence-electron chi connectivity index (χ3n) is 3.74. The Kier molecular flexibility index (Phi) is 6.64. The number of methoxy groups -OCH3 is 1. The molecule has 0 radical (unpaired) electrons. The molecule has 1 rings (SSSR count). The van der Waals surface area contributed by atoms with Crippen LogP contribution in [0.4, 0.5) is 39.5 Å². The van der Waals surface area contributed by atoms with Crippen molar-refractivity contribution in [3.05, 3.63) is 11.3 Å². The SMILES string of the molecule is COC(=O)C1=C(OS(=O)(=O)C(F)(F)C(F)(F)C(F)(F)C(F)(F)F)CCCCC1. The molecule has 0 aliphatic heterocycles. The van der Waals surface area contributed by atoms with Gasteiger partial charge in [-0.25, -0.2) is 4.79 Å². The fourth-order valence-corrected chi connectivity index (χ4v) is 3.18. The average molecular weight is 452 g/mol. The first-order valence-corrected chi connectivity index (χ1v) is 8.79. The van der Waals surface area contributed by atoms with E-state index in [1.54, 1.807) is 0 Å². The molecule has 0 bridgehead atoms. The minimum absolute atomic E-state index is 0.0338. The molecule has 0 N–H and O–H groups in total. The van der Waals surface area contributed by atoms with Crippen molar-refractivity contribution >= 4 is 16.1 Å². The van der Waals surface area contributed by atoms with E-state index in [0.29, 0.717) is 6.42 Å². The number of carbonyl (C=O) groups is 1. The summed E-state index contributed by atoms with van der Waals surface area (Å²) in [4.78, 5) is 11.6. The normalized spacial score (nSPS) is 17.9. The van der Waals surface area contributed by atoms with Gasteiger partial charge in [0.05, 0.1) is 12.7 Å². The lowest BCUT2D eigenvalue weighted by Crippen LogP contribution is -2.63. The second kappa shape index (κ2) is 7.63. The van der Waals surface area contributed by atoms with Crippen molar-refractivity contribution in [3.63, 3.8) is 0 Å². The van der Waals surface area contributed by atoms with Gasteiger partial charge in [0.2, 0.25) is 0 Å². The minimum atomic E-state index is -7.41. The highest BCUT2D eigenvalue weighted by Gasteiger charge is 2.86. The maximum Gasteiger partial charge on any atom is 0.460 e. The molecule has 164 valence electrons. The van der Waals surface area contributed by atoms with Crippen LogP contribution in [-0.4, -0.2) is 44.8 Å². The molecule has 0 saturated heterocycles. The van der Waals surface area contributed by atoms with Crippen LogP contribution < -0.4 is 0 Å². The minimum Gasteiger partial charge on any atom is -0.466 e. The van der Waals surface area contributed by atoms with E-state index in [1.165, 1.54) is 0 Å². The highest BCUT2D eigenvalue weighted by Crippen LogP contribution is 2.55. The summed E-state index contributed by atoms with van der Waals surface area (Å²) in [5.74, 6) is -17.2. The molecular weight excluding hydrogens is 439 g/mol. The molecule has 15 heteroatoms. The second-order valence-electron chi connectivity index (χ2n) is 5.65. The van der Waals surface area contributed by atoms with E-state index in [4.69, 9.17) is 0 Å². The summed E-state index contributed by atoms with van der Waals surface area (Å²) >= 11 is 0. The summed E-state index contributed by atoms with van der Waals surface area (Å²) in [6.45, 7) is 0. The number of carbonyl (C=O) groups excluding carboxylic acids is 1. The van der Waals surface area contributed by atoms with E-state index in [9.17, 15) is 52.7 Å². The smallest absolute Gasteiger partial charge is 0.460 e. The van der Waals surface area contributed by atoms with Crippen LogP contribution in [0.3, 0.4) is 0 Å². The van der Waals surface area contributed by atoms with Crippen LogP contribution in [0, 0.1) is 0 Å². The van der Waals surface area contributed by atoms with Gasteiger partial charge in [0.1, 0.15) is 5.76 Å². The first-order valence-electron chi connectivity index (χ1n) is 7.38. The van der Waals surface area contributed by atoms with E-state index in [0.717, 1.165) is 7.11 Å². The van der Waals surface area contributed by atoms with Gasteiger partial charge in [0, 0.05) is 6.42 Å². The van der Waals surface area contributed by atoms with Crippen LogP contribution in [0.15, 0.2) is 11.3 Å². The number of alkyl halides is 9. The maximum absolute atomic E-state index is 13.7. The van der Waals surface area contributed by atoms with Crippen LogP contribution in [0.5, 0.6) is 0 Å². The van der Waals surface area contributed by atoms with Crippen LogP contribution in [0.1, 0.15) is 32.1 Å². The van der Waals surface area contributed by atoms with Crippen molar-refractivity contribution in [2.45, 2.75) is 55.4 Å². The van der Waals surface area contributed by atoms with Gasteiger partial charge in [-0.1, -0.05) is 6.42 Å². The Morgan fingerprint density at radius 1 is 0.857 bits per heavy atom. The molecule has 0 fully saturated rings. The number of halogens is 9. The fraction of sp³-hybridized carbons (Fsp3) is 0.769. The third kappa shape index (κ3) is 4.03. The lowest BCUT2D eigenvalue weighted by Gasteiger charge is -2.32. The predicted molar refractivity (Wildman–Crippen MR) is 73.0 cm³/mol. The third-order valence-corrected chi connectivity index (χ3v) is 5.04. The number of hydrogen-bond donors (Lipinski definition) is 0. The quantitative estimate of drug-likeness (QED) is 0.344. The summed E-state index contributed by atoms with van der Waals surface area (Å²) in [5, 5.41) is -6.99. The van der Waals surface area contributed by atoms with Gasteiger partial charge < -0.3 is 8.92 Å². The van der Waals surface area contributed by atoms with Crippen molar-refractivity contribution in [1.82, 2.24) is 0 Å².